The lowest BCUT2D eigenvalue weighted by Gasteiger charge is -2.26. The Labute approximate surface area is 168 Å². The Kier molecular flexibility index (Phi) is 4.83. The first-order valence-electron chi connectivity index (χ1n) is 8.55. The van der Waals surface area contributed by atoms with Gasteiger partial charge >= 0.3 is 0 Å². The molecule has 0 aliphatic carbocycles. The van der Waals surface area contributed by atoms with Crippen molar-refractivity contribution in [3.8, 4) is 17.6 Å². The van der Waals surface area contributed by atoms with Gasteiger partial charge in [0.1, 0.15) is 16.4 Å². The Hall–Kier alpha value is -2.31. The molecule has 7 nitrogen and oxygen atoms in total. The number of nitrogens with one attached hydrogen (secondary N) is 1. The minimum absolute atomic E-state index is 0.0158. The Morgan fingerprint density at radius 2 is 1.93 bits per heavy atom. The highest BCUT2D eigenvalue weighted by Gasteiger charge is 2.32. The zero-order chi connectivity index (χ0) is 21.4. The number of ether oxygens (including phenoxy) is 1. The van der Waals surface area contributed by atoms with Crippen LogP contribution in [0.4, 0.5) is 0 Å². The number of piperazine rings is 1. The minimum Gasteiger partial charge on any atom is -0.456 e. The van der Waals surface area contributed by atoms with Gasteiger partial charge in [-0.15, -0.1) is 0 Å². The zero-order valence-corrected chi connectivity index (χ0v) is 15.9. The Balaban J connectivity index is 2.12. The summed E-state index contributed by atoms with van der Waals surface area (Å²) in [5.74, 6) is -1.11. The molecule has 1 heterocycles. The molecule has 1 amide bonds. The van der Waals surface area contributed by atoms with E-state index < -0.39 is 27.3 Å². The van der Waals surface area contributed by atoms with Crippen molar-refractivity contribution in [1.82, 2.24) is 9.62 Å². The minimum atomic E-state index is -4.55. The summed E-state index contributed by atoms with van der Waals surface area (Å²) in [6, 6.07) is 9.78. The molecule has 10 heteroatoms. The topological polar surface area (TPSA) is 99.5 Å². The molecule has 140 valence electrons. The van der Waals surface area contributed by atoms with Crippen molar-refractivity contribution in [3.63, 3.8) is 0 Å². The highest BCUT2D eigenvalue weighted by molar-refractivity contribution is 7.89. The number of nitriles is 1. The SMILES string of the molecule is [2H]C1([2H])C(=O)NCCN1S(=O)(=O)c1cc(C#N)ccc1Oc1cc(Cl)cc(Cl)c1. The van der Waals surface area contributed by atoms with Crippen LogP contribution in [0.15, 0.2) is 41.3 Å². The number of carbonyl (C=O) groups is 1. The second-order valence-corrected chi connectivity index (χ2v) is 8.13. The number of hydrogen-bond acceptors (Lipinski definition) is 5. The van der Waals surface area contributed by atoms with Gasteiger partial charge < -0.3 is 10.1 Å². The molecule has 1 aliphatic heterocycles. The first kappa shape index (κ1) is 16.8. The van der Waals surface area contributed by atoms with Gasteiger partial charge in [-0.25, -0.2) is 8.42 Å². The van der Waals surface area contributed by atoms with Gasteiger partial charge in [-0.05, 0) is 36.4 Å². The van der Waals surface area contributed by atoms with Crippen LogP contribution in [-0.2, 0) is 14.8 Å². The van der Waals surface area contributed by atoms with Crippen LogP contribution in [0.2, 0.25) is 10.0 Å². The Morgan fingerprint density at radius 3 is 2.59 bits per heavy atom. The van der Waals surface area contributed by atoms with E-state index in [2.05, 4.69) is 5.32 Å². The lowest BCUT2D eigenvalue weighted by atomic mass is 10.2. The van der Waals surface area contributed by atoms with E-state index in [1.165, 1.54) is 30.3 Å². The summed E-state index contributed by atoms with van der Waals surface area (Å²) in [7, 11) is -4.55. The molecule has 0 bridgehead atoms. The molecule has 3 rings (SSSR count). The van der Waals surface area contributed by atoms with Crippen molar-refractivity contribution in [2.45, 2.75) is 4.90 Å². The zero-order valence-electron chi connectivity index (χ0n) is 15.6. The lowest BCUT2D eigenvalue weighted by Crippen LogP contribution is -2.49. The van der Waals surface area contributed by atoms with E-state index in [1.54, 1.807) is 0 Å². The van der Waals surface area contributed by atoms with E-state index >= 15 is 0 Å². The van der Waals surface area contributed by atoms with Crippen LogP contribution in [0.25, 0.3) is 0 Å². The van der Waals surface area contributed by atoms with Gasteiger partial charge in [0.25, 0.3) is 0 Å². The number of hydrogen-bond donors (Lipinski definition) is 1. The predicted octanol–water partition coefficient (Wildman–Crippen LogP) is 2.78. The van der Waals surface area contributed by atoms with E-state index in [1.807, 2.05) is 6.07 Å². The molecule has 1 saturated heterocycles. The molecule has 0 aromatic heterocycles. The number of nitrogens with zero attached hydrogens (tertiary/aromatic N) is 2. The van der Waals surface area contributed by atoms with E-state index in [0.29, 0.717) is 4.31 Å². The number of rotatable bonds is 4. The van der Waals surface area contributed by atoms with Gasteiger partial charge in [0.05, 0.1) is 20.9 Å². The molecular weight excluding hydrogens is 413 g/mol. The van der Waals surface area contributed by atoms with Crippen LogP contribution >= 0.6 is 23.2 Å². The second kappa shape index (κ2) is 7.74. The maximum Gasteiger partial charge on any atom is 0.247 e. The van der Waals surface area contributed by atoms with Crippen molar-refractivity contribution in [3.05, 3.63) is 52.0 Å². The van der Waals surface area contributed by atoms with Crippen LogP contribution in [0.3, 0.4) is 0 Å². The molecule has 1 N–H and O–H groups in total. The van der Waals surface area contributed by atoms with Crippen LogP contribution in [0, 0.1) is 11.3 Å². The third-order valence-corrected chi connectivity index (χ3v) is 5.70. The maximum absolute atomic E-state index is 13.2. The molecular formula is C17H13Cl2N3O4S. The Morgan fingerprint density at radius 1 is 1.22 bits per heavy atom. The first-order valence-corrected chi connectivity index (χ1v) is 9.74. The van der Waals surface area contributed by atoms with E-state index in [0.717, 1.165) is 6.07 Å². The van der Waals surface area contributed by atoms with E-state index in [9.17, 15) is 13.2 Å². The summed E-state index contributed by atoms with van der Waals surface area (Å²) in [6.45, 7) is -3.16. The van der Waals surface area contributed by atoms with Gasteiger partial charge in [-0.1, -0.05) is 23.2 Å². The molecule has 2 aromatic carbocycles. The number of halogens is 2. The standard InChI is InChI=1S/C17H13Cl2N3O4S/c18-12-6-13(19)8-14(7-12)26-15-2-1-11(9-20)5-16(15)27(24,25)22-4-3-21-17(23)10-22/h1-2,5-8H,3-4,10H2,(H,21,23)/i10D2. The molecule has 1 aliphatic rings. The number of sulfonamides is 1. The van der Waals surface area contributed by atoms with Crippen LogP contribution in [0.5, 0.6) is 11.5 Å². The van der Waals surface area contributed by atoms with Gasteiger partial charge in [-0.2, -0.15) is 9.57 Å². The van der Waals surface area contributed by atoms with Gasteiger partial charge in [0.15, 0.2) is 0 Å². The quantitative estimate of drug-likeness (QED) is 0.808. The highest BCUT2D eigenvalue weighted by Crippen LogP contribution is 2.34. The summed E-state index contributed by atoms with van der Waals surface area (Å²) in [6.07, 6.45) is 0. The summed E-state index contributed by atoms with van der Waals surface area (Å²) in [4.78, 5) is 11.4. The second-order valence-electron chi connectivity index (χ2n) is 5.43. The Bertz CT molecular complexity index is 1120. The fourth-order valence-corrected chi connectivity index (χ4v) is 4.27. The van der Waals surface area contributed by atoms with Crippen molar-refractivity contribution in [2.75, 3.05) is 19.6 Å². The van der Waals surface area contributed by atoms with Crippen molar-refractivity contribution >= 4 is 39.1 Å². The average Bonchev–Trinajstić information content (AvgIpc) is 2.63. The number of benzene rings is 2. The predicted molar refractivity (Wildman–Crippen MR) is 99.5 cm³/mol. The maximum atomic E-state index is 13.2. The molecule has 0 spiro atoms. The molecule has 27 heavy (non-hydrogen) atoms. The van der Waals surface area contributed by atoms with Crippen molar-refractivity contribution in [1.29, 1.82) is 5.26 Å². The van der Waals surface area contributed by atoms with Crippen molar-refractivity contribution in [2.24, 2.45) is 0 Å². The van der Waals surface area contributed by atoms with Crippen molar-refractivity contribution < 1.29 is 20.7 Å². The van der Waals surface area contributed by atoms with Crippen LogP contribution in [-0.4, -0.2) is 38.2 Å². The summed E-state index contributed by atoms with van der Waals surface area (Å²) >= 11 is 11.9. The molecule has 2 aromatic rings. The van der Waals surface area contributed by atoms with Crippen LogP contribution in [0.1, 0.15) is 8.30 Å². The van der Waals surface area contributed by atoms with Gasteiger partial charge in [0.2, 0.25) is 15.9 Å². The molecule has 1 fully saturated rings. The summed E-state index contributed by atoms with van der Waals surface area (Å²) in [5, 5.41) is 12.0. The van der Waals surface area contributed by atoms with Gasteiger partial charge in [-0.3, -0.25) is 4.79 Å². The third-order valence-electron chi connectivity index (χ3n) is 3.53. The van der Waals surface area contributed by atoms with Crippen LogP contribution < -0.4 is 10.1 Å². The monoisotopic (exact) mass is 427 g/mol. The fourth-order valence-electron chi connectivity index (χ4n) is 2.36. The molecule has 0 unspecified atom stereocenters. The summed E-state index contributed by atoms with van der Waals surface area (Å²) in [5.41, 5.74) is 0.0158. The van der Waals surface area contributed by atoms with E-state index in [-0.39, 0.29) is 40.2 Å². The highest BCUT2D eigenvalue weighted by atomic mass is 35.5. The fraction of sp³-hybridized carbons (Fsp3) is 0.176. The normalized spacial score (nSPS) is 18.0. The molecule has 0 saturated carbocycles. The summed E-state index contributed by atoms with van der Waals surface area (Å²) < 4.78 is 48.3. The third kappa shape index (κ3) is 4.34. The molecule has 0 radical (unpaired) electrons. The average molecular weight is 428 g/mol. The number of amides is 1. The largest absolute Gasteiger partial charge is 0.456 e. The smallest absolute Gasteiger partial charge is 0.247 e. The van der Waals surface area contributed by atoms with E-state index in [4.69, 9.17) is 35.9 Å². The molecule has 0 atom stereocenters. The van der Waals surface area contributed by atoms with Gasteiger partial charge in [0, 0.05) is 23.1 Å². The lowest BCUT2D eigenvalue weighted by molar-refractivity contribution is -0.122. The number of carbonyl (C=O) groups excluding carboxylic acids is 1. The first-order chi connectivity index (χ1) is 13.6.